The molecule has 0 aromatic heterocycles. The molecular formula is C25H34F3N. The van der Waals surface area contributed by atoms with Crippen molar-refractivity contribution in [1.82, 2.24) is 5.32 Å². The Morgan fingerprint density at radius 2 is 1.72 bits per heavy atom. The second-order valence-corrected chi connectivity index (χ2v) is 7.48. The van der Waals surface area contributed by atoms with Gasteiger partial charge in [0.25, 0.3) is 0 Å². The highest BCUT2D eigenvalue weighted by Crippen LogP contribution is 2.30. The van der Waals surface area contributed by atoms with Crippen LogP contribution in [0, 0.1) is 0 Å². The fourth-order valence-corrected chi connectivity index (χ4v) is 3.48. The molecule has 0 heterocycles. The summed E-state index contributed by atoms with van der Waals surface area (Å²) in [5, 5.41) is 3.55. The highest BCUT2D eigenvalue weighted by molar-refractivity contribution is 5.50. The third kappa shape index (κ3) is 7.36. The number of allylic oxidation sites excluding steroid dienone is 6. The molecule has 29 heavy (non-hydrogen) atoms. The molecule has 1 nitrogen and oxygen atoms in total. The van der Waals surface area contributed by atoms with Crippen molar-refractivity contribution in [3.63, 3.8) is 0 Å². The summed E-state index contributed by atoms with van der Waals surface area (Å²) in [6.07, 6.45) is 4.95. The SMILES string of the molecule is C=CC(=C/CC)/C(=C\C)C(/C)=C/C(C)NC(C)C(C)c1ccc(C(F)(F)F)cc1. The van der Waals surface area contributed by atoms with Gasteiger partial charge in [0.05, 0.1) is 5.56 Å². The number of nitrogens with one attached hydrogen (secondary N) is 1. The van der Waals surface area contributed by atoms with Crippen LogP contribution in [-0.4, -0.2) is 12.1 Å². The van der Waals surface area contributed by atoms with Crippen molar-refractivity contribution in [3.8, 4) is 0 Å². The molecule has 1 N–H and O–H groups in total. The number of benzene rings is 1. The Bertz CT molecular complexity index is 751. The number of hydrogen-bond donors (Lipinski definition) is 1. The fourth-order valence-electron chi connectivity index (χ4n) is 3.48. The first-order valence-corrected chi connectivity index (χ1v) is 10.2. The predicted molar refractivity (Wildman–Crippen MR) is 118 cm³/mol. The summed E-state index contributed by atoms with van der Waals surface area (Å²) in [5.41, 5.74) is 3.74. The smallest absolute Gasteiger partial charge is 0.308 e. The Morgan fingerprint density at radius 3 is 2.17 bits per heavy atom. The monoisotopic (exact) mass is 405 g/mol. The summed E-state index contributed by atoms with van der Waals surface area (Å²) < 4.78 is 38.3. The van der Waals surface area contributed by atoms with E-state index in [1.54, 1.807) is 12.1 Å². The lowest BCUT2D eigenvalue weighted by molar-refractivity contribution is -0.137. The molecule has 0 radical (unpaired) electrons. The number of hydrogen-bond acceptors (Lipinski definition) is 1. The zero-order valence-electron chi connectivity index (χ0n) is 18.4. The van der Waals surface area contributed by atoms with E-state index in [2.05, 4.69) is 57.8 Å². The molecule has 160 valence electrons. The quantitative estimate of drug-likeness (QED) is 0.417. The zero-order chi connectivity index (χ0) is 22.2. The Labute approximate surface area is 174 Å². The van der Waals surface area contributed by atoms with E-state index in [4.69, 9.17) is 0 Å². The van der Waals surface area contributed by atoms with Crippen molar-refractivity contribution in [2.75, 3.05) is 0 Å². The van der Waals surface area contributed by atoms with Crippen LogP contribution in [0.25, 0.3) is 0 Å². The van der Waals surface area contributed by atoms with Crippen LogP contribution in [0.4, 0.5) is 13.2 Å². The van der Waals surface area contributed by atoms with Crippen molar-refractivity contribution < 1.29 is 13.2 Å². The Hall–Kier alpha value is -2.07. The molecule has 1 aromatic carbocycles. The molecule has 0 spiro atoms. The molecule has 3 unspecified atom stereocenters. The second kappa shape index (κ2) is 11.2. The van der Waals surface area contributed by atoms with Gasteiger partial charge in [-0.3, -0.25) is 0 Å². The molecule has 1 rings (SSSR count). The number of halogens is 3. The molecule has 0 amide bonds. The summed E-state index contributed by atoms with van der Waals surface area (Å²) in [4.78, 5) is 0. The standard InChI is InChI=1S/C25H34F3N/c1-8-11-21(9-2)24(10-3)17(4)16-18(5)29-20(7)19(6)22-12-14-23(15-13-22)25(26,27)28/h9-16,18-20,29H,2,8H2,1,3-7H3/b17-16+,21-11-,24-10-. The summed E-state index contributed by atoms with van der Waals surface area (Å²) >= 11 is 0. The normalized spacial score (nSPS) is 17.1. The molecule has 0 saturated carbocycles. The lowest BCUT2D eigenvalue weighted by atomic mass is 9.92. The third-order valence-electron chi connectivity index (χ3n) is 5.21. The fraction of sp³-hybridized carbons (Fsp3) is 0.440. The lowest BCUT2D eigenvalue weighted by Crippen LogP contribution is -2.37. The van der Waals surface area contributed by atoms with E-state index in [1.165, 1.54) is 11.1 Å². The van der Waals surface area contributed by atoms with Crippen molar-refractivity contribution >= 4 is 0 Å². The lowest BCUT2D eigenvalue weighted by Gasteiger charge is -2.25. The molecule has 0 fully saturated rings. The van der Waals surface area contributed by atoms with Crippen molar-refractivity contribution in [1.29, 1.82) is 0 Å². The van der Waals surface area contributed by atoms with Gasteiger partial charge in [0.2, 0.25) is 0 Å². The summed E-state index contributed by atoms with van der Waals surface area (Å²) in [5.74, 6) is 0.0818. The third-order valence-corrected chi connectivity index (χ3v) is 5.21. The highest BCUT2D eigenvalue weighted by Gasteiger charge is 2.30. The van der Waals surface area contributed by atoms with Crippen LogP contribution in [0.2, 0.25) is 0 Å². The Balaban J connectivity index is 2.87. The van der Waals surface area contributed by atoms with Gasteiger partial charge in [-0.15, -0.1) is 0 Å². The minimum atomic E-state index is -4.30. The van der Waals surface area contributed by atoms with Gasteiger partial charge in [-0.2, -0.15) is 13.2 Å². The van der Waals surface area contributed by atoms with Gasteiger partial charge in [0.15, 0.2) is 0 Å². The molecule has 0 aliphatic heterocycles. The van der Waals surface area contributed by atoms with Crippen LogP contribution >= 0.6 is 0 Å². The largest absolute Gasteiger partial charge is 0.416 e. The molecule has 0 aliphatic carbocycles. The van der Waals surface area contributed by atoms with Gasteiger partial charge in [0, 0.05) is 12.1 Å². The first kappa shape index (κ1) is 25.0. The van der Waals surface area contributed by atoms with Crippen molar-refractivity contribution in [2.45, 2.75) is 72.1 Å². The van der Waals surface area contributed by atoms with Crippen LogP contribution in [0.1, 0.15) is 65.0 Å². The van der Waals surface area contributed by atoms with Crippen LogP contribution < -0.4 is 5.32 Å². The molecule has 3 atom stereocenters. The minimum absolute atomic E-state index is 0.0818. The summed E-state index contributed by atoms with van der Waals surface area (Å²) in [6, 6.07) is 5.67. The van der Waals surface area contributed by atoms with E-state index in [0.29, 0.717) is 0 Å². The molecule has 0 aliphatic rings. The topological polar surface area (TPSA) is 12.0 Å². The first-order valence-electron chi connectivity index (χ1n) is 10.2. The average molecular weight is 406 g/mol. The van der Waals surface area contributed by atoms with Crippen molar-refractivity contribution in [2.24, 2.45) is 0 Å². The second-order valence-electron chi connectivity index (χ2n) is 7.48. The van der Waals surface area contributed by atoms with Gasteiger partial charge < -0.3 is 5.32 Å². The van der Waals surface area contributed by atoms with E-state index < -0.39 is 11.7 Å². The van der Waals surface area contributed by atoms with Gasteiger partial charge in [-0.1, -0.05) is 56.9 Å². The van der Waals surface area contributed by atoms with Crippen LogP contribution in [0.3, 0.4) is 0 Å². The Morgan fingerprint density at radius 1 is 1.14 bits per heavy atom. The molecular weight excluding hydrogens is 371 g/mol. The van der Waals surface area contributed by atoms with Gasteiger partial charge in [0.1, 0.15) is 0 Å². The zero-order valence-corrected chi connectivity index (χ0v) is 18.4. The predicted octanol–water partition coefficient (Wildman–Crippen LogP) is 7.59. The molecule has 4 heteroatoms. The Kier molecular flexibility index (Phi) is 9.64. The maximum Gasteiger partial charge on any atom is 0.416 e. The van der Waals surface area contributed by atoms with E-state index in [0.717, 1.165) is 29.7 Å². The summed E-state index contributed by atoms with van der Waals surface area (Å²) in [7, 11) is 0. The highest BCUT2D eigenvalue weighted by atomic mass is 19.4. The molecule has 1 aromatic rings. The minimum Gasteiger partial charge on any atom is -0.308 e. The number of rotatable bonds is 9. The average Bonchev–Trinajstić information content (AvgIpc) is 2.66. The van der Waals surface area contributed by atoms with Crippen LogP contribution in [-0.2, 0) is 6.18 Å². The maximum absolute atomic E-state index is 12.8. The van der Waals surface area contributed by atoms with E-state index >= 15 is 0 Å². The van der Waals surface area contributed by atoms with Gasteiger partial charge in [-0.05, 0) is 74.4 Å². The van der Waals surface area contributed by atoms with Gasteiger partial charge >= 0.3 is 6.18 Å². The van der Waals surface area contributed by atoms with E-state index in [-0.39, 0.29) is 18.0 Å². The molecule has 0 saturated heterocycles. The van der Waals surface area contributed by atoms with Crippen LogP contribution in [0.5, 0.6) is 0 Å². The van der Waals surface area contributed by atoms with Crippen molar-refractivity contribution in [3.05, 3.63) is 83.0 Å². The van der Waals surface area contributed by atoms with E-state index in [9.17, 15) is 13.2 Å². The van der Waals surface area contributed by atoms with Crippen LogP contribution in [0.15, 0.2) is 71.9 Å². The first-order chi connectivity index (χ1) is 13.5. The van der Waals surface area contributed by atoms with Gasteiger partial charge in [-0.25, -0.2) is 0 Å². The number of alkyl halides is 3. The molecule has 0 bridgehead atoms. The maximum atomic E-state index is 12.8. The summed E-state index contributed by atoms with van der Waals surface area (Å²) in [6.45, 7) is 16.3. The van der Waals surface area contributed by atoms with E-state index in [1.807, 2.05) is 19.9 Å².